The predicted octanol–water partition coefficient (Wildman–Crippen LogP) is 0.769. The molecule has 1 aromatic rings. The van der Waals surface area contributed by atoms with Gasteiger partial charge in [0, 0.05) is 6.26 Å². The molecule has 0 spiro atoms. The number of rotatable bonds is 1. The minimum absolute atomic E-state index is 0.0317. The number of halogens is 2. The summed E-state index contributed by atoms with van der Waals surface area (Å²) in [6.07, 6.45) is 0.950. The number of nitrogens with zero attached hydrogens (tertiary/aromatic N) is 2. The van der Waals surface area contributed by atoms with Gasteiger partial charge in [-0.1, -0.05) is 23.2 Å². The molecule has 0 aliphatic rings. The van der Waals surface area contributed by atoms with E-state index in [2.05, 4.69) is 9.97 Å². The van der Waals surface area contributed by atoms with Crippen molar-refractivity contribution in [1.29, 1.82) is 0 Å². The lowest BCUT2D eigenvalue weighted by Crippen LogP contribution is -2.06. The van der Waals surface area contributed by atoms with E-state index in [4.69, 9.17) is 28.9 Å². The maximum absolute atomic E-state index is 11.0. The SMILES string of the molecule is CS(=O)(=O)c1nc(Cl)c(N)c(Cl)n1. The fourth-order valence-corrected chi connectivity index (χ4v) is 1.57. The molecule has 0 aromatic carbocycles. The Kier molecular flexibility index (Phi) is 2.65. The summed E-state index contributed by atoms with van der Waals surface area (Å²) in [5.41, 5.74) is 5.28. The van der Waals surface area contributed by atoms with Gasteiger partial charge in [0.1, 0.15) is 5.69 Å². The molecule has 0 saturated carbocycles. The average molecular weight is 242 g/mol. The molecular weight excluding hydrogens is 237 g/mol. The van der Waals surface area contributed by atoms with Crippen LogP contribution < -0.4 is 5.73 Å². The molecule has 5 nitrogen and oxygen atoms in total. The van der Waals surface area contributed by atoms with Gasteiger partial charge < -0.3 is 5.73 Å². The van der Waals surface area contributed by atoms with Gasteiger partial charge in [-0.3, -0.25) is 0 Å². The van der Waals surface area contributed by atoms with Crippen LogP contribution in [0.5, 0.6) is 0 Å². The summed E-state index contributed by atoms with van der Waals surface area (Å²) < 4.78 is 21.9. The highest BCUT2D eigenvalue weighted by Crippen LogP contribution is 2.24. The maximum atomic E-state index is 11.0. The fourth-order valence-electron chi connectivity index (χ4n) is 0.564. The zero-order chi connectivity index (χ0) is 10.2. The molecular formula is C5H5Cl2N3O2S. The molecule has 0 aliphatic carbocycles. The summed E-state index contributed by atoms with van der Waals surface area (Å²) in [6, 6.07) is 0. The molecule has 0 bridgehead atoms. The third kappa shape index (κ3) is 2.20. The van der Waals surface area contributed by atoms with E-state index < -0.39 is 15.0 Å². The van der Waals surface area contributed by atoms with Crippen LogP contribution in [0.1, 0.15) is 0 Å². The Bertz CT molecular complexity index is 422. The first-order chi connectivity index (χ1) is 5.82. The normalized spacial score (nSPS) is 11.6. The van der Waals surface area contributed by atoms with Crippen LogP contribution in [-0.4, -0.2) is 24.6 Å². The number of anilines is 1. The quantitative estimate of drug-likeness (QED) is 0.580. The largest absolute Gasteiger partial charge is 0.394 e. The lowest BCUT2D eigenvalue weighted by molar-refractivity contribution is 0.593. The number of hydrogen-bond donors (Lipinski definition) is 1. The van der Waals surface area contributed by atoms with E-state index in [1.165, 1.54) is 0 Å². The first-order valence-electron chi connectivity index (χ1n) is 3.01. The number of nitrogens with two attached hydrogens (primary N) is 1. The zero-order valence-corrected chi connectivity index (χ0v) is 8.78. The first kappa shape index (κ1) is 10.5. The van der Waals surface area contributed by atoms with Crippen molar-refractivity contribution in [3.05, 3.63) is 10.3 Å². The van der Waals surface area contributed by atoms with Gasteiger partial charge in [0.25, 0.3) is 0 Å². The highest BCUT2D eigenvalue weighted by molar-refractivity contribution is 7.90. The molecule has 0 aliphatic heterocycles. The van der Waals surface area contributed by atoms with Crippen molar-refractivity contribution >= 4 is 38.7 Å². The Morgan fingerprint density at radius 3 is 1.92 bits per heavy atom. The standard InChI is InChI=1S/C5H5Cl2N3O2S/c1-13(11,12)5-9-3(6)2(8)4(7)10-5/h8H2,1H3. The second kappa shape index (κ2) is 3.28. The number of nitrogen functional groups attached to an aromatic ring is 1. The minimum atomic E-state index is -3.51. The summed E-state index contributed by atoms with van der Waals surface area (Å²) in [5.74, 6) is 0. The molecule has 1 rings (SSSR count). The van der Waals surface area contributed by atoms with Crippen LogP contribution >= 0.6 is 23.2 Å². The molecule has 8 heteroatoms. The third-order valence-corrected chi connectivity index (χ3v) is 2.59. The van der Waals surface area contributed by atoms with Crippen molar-refractivity contribution in [3.8, 4) is 0 Å². The van der Waals surface area contributed by atoms with Crippen molar-refractivity contribution in [2.75, 3.05) is 12.0 Å². The van der Waals surface area contributed by atoms with E-state index in [0.717, 1.165) is 6.26 Å². The molecule has 0 atom stereocenters. The van der Waals surface area contributed by atoms with E-state index in [-0.39, 0.29) is 16.0 Å². The Balaban J connectivity index is 3.47. The summed E-state index contributed by atoms with van der Waals surface area (Å²) in [7, 11) is -3.51. The second-order valence-electron chi connectivity index (χ2n) is 2.27. The Hall–Kier alpha value is -0.590. The lowest BCUT2D eigenvalue weighted by atomic mass is 10.6. The van der Waals surface area contributed by atoms with Gasteiger partial charge in [-0.05, 0) is 0 Å². The molecule has 0 amide bonds. The van der Waals surface area contributed by atoms with E-state index in [0.29, 0.717) is 0 Å². The van der Waals surface area contributed by atoms with E-state index in [9.17, 15) is 8.42 Å². The lowest BCUT2D eigenvalue weighted by Gasteiger charge is -2.01. The van der Waals surface area contributed by atoms with Crippen LogP contribution in [0.2, 0.25) is 10.3 Å². The van der Waals surface area contributed by atoms with Gasteiger partial charge in [0.15, 0.2) is 10.3 Å². The Morgan fingerprint density at radius 1 is 1.23 bits per heavy atom. The zero-order valence-electron chi connectivity index (χ0n) is 6.45. The summed E-state index contributed by atoms with van der Waals surface area (Å²) in [5, 5.41) is -0.766. The molecule has 0 saturated heterocycles. The molecule has 0 fully saturated rings. The average Bonchev–Trinajstić information content (AvgIpc) is 1.97. The van der Waals surface area contributed by atoms with Crippen LogP contribution in [0.15, 0.2) is 5.16 Å². The molecule has 1 aromatic heterocycles. The maximum Gasteiger partial charge on any atom is 0.249 e. The van der Waals surface area contributed by atoms with E-state index in [1.54, 1.807) is 0 Å². The van der Waals surface area contributed by atoms with Gasteiger partial charge >= 0.3 is 0 Å². The third-order valence-electron chi connectivity index (χ3n) is 1.16. The van der Waals surface area contributed by atoms with Crippen molar-refractivity contribution in [1.82, 2.24) is 9.97 Å². The van der Waals surface area contributed by atoms with Gasteiger partial charge in [0.2, 0.25) is 15.0 Å². The predicted molar refractivity (Wildman–Crippen MR) is 49.6 cm³/mol. The number of aromatic nitrogens is 2. The molecule has 2 N–H and O–H groups in total. The van der Waals surface area contributed by atoms with Gasteiger partial charge in [-0.25, -0.2) is 18.4 Å². The minimum Gasteiger partial charge on any atom is -0.394 e. The smallest absolute Gasteiger partial charge is 0.249 e. The topological polar surface area (TPSA) is 85.9 Å². The molecule has 72 valence electrons. The van der Waals surface area contributed by atoms with Crippen LogP contribution in [0, 0.1) is 0 Å². The van der Waals surface area contributed by atoms with E-state index in [1.807, 2.05) is 0 Å². The highest BCUT2D eigenvalue weighted by Gasteiger charge is 2.15. The van der Waals surface area contributed by atoms with Crippen molar-refractivity contribution in [3.63, 3.8) is 0 Å². The molecule has 1 heterocycles. The molecule has 0 unspecified atom stereocenters. The highest BCUT2D eigenvalue weighted by atomic mass is 35.5. The van der Waals surface area contributed by atoms with Crippen LogP contribution in [0.3, 0.4) is 0 Å². The van der Waals surface area contributed by atoms with Crippen LogP contribution in [0.25, 0.3) is 0 Å². The van der Waals surface area contributed by atoms with Crippen LogP contribution in [0.4, 0.5) is 5.69 Å². The number of hydrogen-bond acceptors (Lipinski definition) is 5. The van der Waals surface area contributed by atoms with Gasteiger partial charge in [-0.2, -0.15) is 0 Å². The van der Waals surface area contributed by atoms with Crippen molar-refractivity contribution in [2.24, 2.45) is 0 Å². The first-order valence-corrected chi connectivity index (χ1v) is 5.65. The van der Waals surface area contributed by atoms with Crippen molar-refractivity contribution < 1.29 is 8.42 Å². The molecule has 0 radical (unpaired) electrons. The van der Waals surface area contributed by atoms with E-state index >= 15 is 0 Å². The van der Waals surface area contributed by atoms with Crippen LogP contribution in [-0.2, 0) is 9.84 Å². The Morgan fingerprint density at radius 2 is 1.62 bits per heavy atom. The monoisotopic (exact) mass is 241 g/mol. The summed E-state index contributed by atoms with van der Waals surface area (Å²) in [6.45, 7) is 0. The van der Waals surface area contributed by atoms with Gasteiger partial charge in [0.05, 0.1) is 0 Å². The Labute approximate surface area is 84.8 Å². The molecule has 13 heavy (non-hydrogen) atoms. The fraction of sp³-hybridized carbons (Fsp3) is 0.200. The summed E-state index contributed by atoms with van der Waals surface area (Å²) in [4.78, 5) is 6.92. The number of sulfone groups is 1. The summed E-state index contributed by atoms with van der Waals surface area (Å²) >= 11 is 11.0. The van der Waals surface area contributed by atoms with Crippen molar-refractivity contribution in [2.45, 2.75) is 5.16 Å². The van der Waals surface area contributed by atoms with Gasteiger partial charge in [-0.15, -0.1) is 0 Å². The second-order valence-corrected chi connectivity index (χ2v) is 4.90.